The predicted molar refractivity (Wildman–Crippen MR) is 47.1 cm³/mol. The van der Waals surface area contributed by atoms with E-state index >= 15 is 0 Å². The first-order chi connectivity index (χ1) is 6.15. The summed E-state index contributed by atoms with van der Waals surface area (Å²) < 4.78 is 4.89. The topological polar surface area (TPSA) is 82.3 Å². The van der Waals surface area contributed by atoms with Crippen LogP contribution in [0.2, 0.25) is 0 Å². The van der Waals surface area contributed by atoms with E-state index in [1.54, 1.807) is 6.08 Å². The molecule has 0 amide bonds. The van der Waals surface area contributed by atoms with E-state index in [1.807, 2.05) is 0 Å². The molecule has 70 valence electrons. The molecule has 5 nitrogen and oxygen atoms in total. The molecule has 1 aromatic rings. The van der Waals surface area contributed by atoms with Crippen molar-refractivity contribution in [1.82, 2.24) is 0 Å². The van der Waals surface area contributed by atoms with Gasteiger partial charge in [-0.3, -0.25) is 10.1 Å². The van der Waals surface area contributed by atoms with Gasteiger partial charge in [0.25, 0.3) is 0 Å². The fraction of sp³-hybridized carbons (Fsp3) is 0.250. The third kappa shape index (κ3) is 2.16. The van der Waals surface area contributed by atoms with Crippen molar-refractivity contribution in [3.8, 4) is 0 Å². The van der Waals surface area contributed by atoms with Gasteiger partial charge in [0.05, 0.1) is 12.1 Å². The van der Waals surface area contributed by atoms with E-state index in [0.29, 0.717) is 12.2 Å². The molecule has 0 aliphatic carbocycles. The van der Waals surface area contributed by atoms with Crippen molar-refractivity contribution in [3.05, 3.63) is 40.7 Å². The summed E-state index contributed by atoms with van der Waals surface area (Å²) in [5.74, 6) is 0.126. The summed E-state index contributed by atoms with van der Waals surface area (Å²) in [5, 5.41) is 10.2. The van der Waals surface area contributed by atoms with E-state index < -0.39 is 4.92 Å². The Bertz CT molecular complexity index is 319. The van der Waals surface area contributed by atoms with Crippen LogP contribution in [-0.4, -0.2) is 4.92 Å². The van der Waals surface area contributed by atoms with Crippen molar-refractivity contribution >= 4 is 5.88 Å². The highest BCUT2D eigenvalue weighted by molar-refractivity contribution is 5.19. The lowest BCUT2D eigenvalue weighted by Gasteiger charge is -2.02. The van der Waals surface area contributed by atoms with Crippen LogP contribution < -0.4 is 5.73 Å². The van der Waals surface area contributed by atoms with E-state index in [1.165, 1.54) is 12.1 Å². The van der Waals surface area contributed by atoms with Crippen molar-refractivity contribution in [2.24, 2.45) is 5.73 Å². The Balaban J connectivity index is 2.78. The van der Waals surface area contributed by atoms with Crippen molar-refractivity contribution in [2.75, 3.05) is 0 Å². The minimum atomic E-state index is -0.593. The second-order valence-electron chi connectivity index (χ2n) is 2.56. The summed E-state index contributed by atoms with van der Waals surface area (Å²) in [7, 11) is 0. The Morgan fingerprint density at radius 3 is 2.92 bits per heavy atom. The molecule has 0 saturated heterocycles. The number of nitrogens with two attached hydrogens (primary N) is 1. The van der Waals surface area contributed by atoms with Crippen molar-refractivity contribution < 1.29 is 9.34 Å². The maximum Gasteiger partial charge on any atom is 0.433 e. The standard InChI is InChI=1S/C8H10N2O3/c1-2-3-6(9)7-4-5-8(13-7)10(11)12/h2,4-6H,1,3,9H2/t6-/m0/s1. The van der Waals surface area contributed by atoms with Gasteiger partial charge in [0.1, 0.15) is 10.7 Å². The van der Waals surface area contributed by atoms with Crippen LogP contribution in [0.5, 0.6) is 0 Å². The van der Waals surface area contributed by atoms with Gasteiger partial charge in [-0.15, -0.1) is 6.58 Å². The van der Waals surface area contributed by atoms with E-state index in [0.717, 1.165) is 0 Å². The Morgan fingerprint density at radius 1 is 1.77 bits per heavy atom. The van der Waals surface area contributed by atoms with Crippen molar-refractivity contribution in [2.45, 2.75) is 12.5 Å². The first-order valence-electron chi connectivity index (χ1n) is 3.75. The number of nitrogens with zero attached hydrogens (tertiary/aromatic N) is 1. The number of nitro groups is 1. The first-order valence-corrected chi connectivity index (χ1v) is 3.75. The molecule has 5 heteroatoms. The van der Waals surface area contributed by atoms with Crippen LogP contribution in [0.1, 0.15) is 18.2 Å². The molecule has 1 heterocycles. The molecule has 13 heavy (non-hydrogen) atoms. The Labute approximate surface area is 75.0 Å². The van der Waals surface area contributed by atoms with Crippen molar-refractivity contribution in [1.29, 1.82) is 0 Å². The molecule has 0 aliphatic heterocycles. The molecule has 0 fully saturated rings. The van der Waals surface area contributed by atoms with Gasteiger partial charge in [0.15, 0.2) is 0 Å². The van der Waals surface area contributed by atoms with Crippen LogP contribution in [0.15, 0.2) is 29.2 Å². The third-order valence-electron chi connectivity index (χ3n) is 1.58. The van der Waals surface area contributed by atoms with Gasteiger partial charge >= 0.3 is 5.88 Å². The van der Waals surface area contributed by atoms with Gasteiger partial charge in [-0.1, -0.05) is 6.08 Å². The lowest BCUT2D eigenvalue weighted by Crippen LogP contribution is -2.07. The average molecular weight is 182 g/mol. The van der Waals surface area contributed by atoms with Crippen LogP contribution in [0.4, 0.5) is 5.88 Å². The van der Waals surface area contributed by atoms with E-state index in [4.69, 9.17) is 10.2 Å². The van der Waals surface area contributed by atoms with Gasteiger partial charge in [-0.2, -0.15) is 0 Å². The summed E-state index contributed by atoms with van der Waals surface area (Å²) in [4.78, 5) is 9.65. The molecule has 0 aromatic carbocycles. The molecular formula is C8H10N2O3. The lowest BCUT2D eigenvalue weighted by molar-refractivity contribution is -0.402. The fourth-order valence-corrected chi connectivity index (χ4v) is 0.935. The minimum absolute atomic E-state index is 0.283. The van der Waals surface area contributed by atoms with Crippen LogP contribution in [-0.2, 0) is 0 Å². The zero-order chi connectivity index (χ0) is 9.84. The minimum Gasteiger partial charge on any atom is -0.404 e. The monoisotopic (exact) mass is 182 g/mol. The number of furan rings is 1. The molecule has 0 unspecified atom stereocenters. The maximum absolute atomic E-state index is 10.2. The summed E-state index contributed by atoms with van der Waals surface area (Å²) in [6.07, 6.45) is 2.17. The van der Waals surface area contributed by atoms with Gasteiger partial charge < -0.3 is 10.2 Å². The second kappa shape index (κ2) is 3.86. The van der Waals surface area contributed by atoms with E-state index in [2.05, 4.69) is 6.58 Å². The van der Waals surface area contributed by atoms with Crippen LogP contribution in [0.3, 0.4) is 0 Å². The molecule has 0 radical (unpaired) electrons. The van der Waals surface area contributed by atoms with Crippen LogP contribution in [0, 0.1) is 10.1 Å². The molecule has 0 bridgehead atoms. The highest BCUT2D eigenvalue weighted by Gasteiger charge is 2.15. The average Bonchev–Trinajstić information content (AvgIpc) is 2.52. The zero-order valence-electron chi connectivity index (χ0n) is 6.97. The molecule has 0 saturated carbocycles. The van der Waals surface area contributed by atoms with Gasteiger partial charge in [0.2, 0.25) is 0 Å². The maximum atomic E-state index is 10.2. The van der Waals surface area contributed by atoms with Gasteiger partial charge in [0, 0.05) is 0 Å². The SMILES string of the molecule is C=CC[C@H](N)c1ccc([N+](=O)[O-])o1. The molecule has 1 atom stereocenters. The number of rotatable bonds is 4. The molecule has 1 aromatic heterocycles. The van der Waals surface area contributed by atoms with Crippen molar-refractivity contribution in [3.63, 3.8) is 0 Å². The first kappa shape index (κ1) is 9.47. The third-order valence-corrected chi connectivity index (χ3v) is 1.58. The highest BCUT2D eigenvalue weighted by atomic mass is 16.6. The molecule has 0 spiro atoms. The largest absolute Gasteiger partial charge is 0.433 e. The second-order valence-corrected chi connectivity index (χ2v) is 2.56. The summed E-state index contributed by atoms with van der Waals surface area (Å²) in [6, 6.07) is 2.44. The lowest BCUT2D eigenvalue weighted by atomic mass is 10.2. The predicted octanol–water partition coefficient (Wildman–Crippen LogP) is 1.76. The smallest absolute Gasteiger partial charge is 0.404 e. The van der Waals surface area contributed by atoms with Gasteiger partial charge in [-0.25, -0.2) is 0 Å². The zero-order valence-corrected chi connectivity index (χ0v) is 6.97. The summed E-state index contributed by atoms with van der Waals surface area (Å²) in [6.45, 7) is 3.51. The fourth-order valence-electron chi connectivity index (χ4n) is 0.935. The molecule has 2 N–H and O–H groups in total. The molecule has 1 rings (SSSR count). The van der Waals surface area contributed by atoms with Gasteiger partial charge in [-0.05, 0) is 12.5 Å². The molecule has 0 aliphatic rings. The summed E-state index contributed by atoms with van der Waals surface area (Å²) >= 11 is 0. The van der Waals surface area contributed by atoms with E-state index in [9.17, 15) is 10.1 Å². The van der Waals surface area contributed by atoms with Crippen LogP contribution >= 0.6 is 0 Å². The number of hydrogen-bond donors (Lipinski definition) is 1. The highest BCUT2D eigenvalue weighted by Crippen LogP contribution is 2.21. The Hall–Kier alpha value is -1.62. The Morgan fingerprint density at radius 2 is 2.46 bits per heavy atom. The van der Waals surface area contributed by atoms with Crippen LogP contribution in [0.25, 0.3) is 0 Å². The quantitative estimate of drug-likeness (QED) is 0.437. The summed E-state index contributed by atoms with van der Waals surface area (Å²) in [5.41, 5.74) is 5.63. The normalized spacial score (nSPS) is 12.4. The van der Waals surface area contributed by atoms with E-state index in [-0.39, 0.29) is 11.9 Å². The molecular weight excluding hydrogens is 172 g/mol. The Kier molecular flexibility index (Phi) is 2.81. The number of hydrogen-bond acceptors (Lipinski definition) is 4.